The van der Waals surface area contributed by atoms with Gasteiger partial charge in [0.25, 0.3) is 0 Å². The van der Waals surface area contributed by atoms with Gasteiger partial charge in [0.2, 0.25) is 5.91 Å². The quantitative estimate of drug-likeness (QED) is 0.601. The molecule has 0 aromatic heterocycles. The van der Waals surface area contributed by atoms with Gasteiger partial charge < -0.3 is 4.90 Å². The summed E-state index contributed by atoms with van der Waals surface area (Å²) in [6.07, 6.45) is 4.09. The molecule has 0 atom stereocenters. The molecule has 0 aliphatic rings. The Morgan fingerprint density at radius 3 is 1.93 bits per heavy atom. The van der Waals surface area contributed by atoms with Gasteiger partial charge in [0.15, 0.2) is 0 Å². The van der Waals surface area contributed by atoms with E-state index in [0.717, 1.165) is 12.8 Å². The Kier molecular flexibility index (Phi) is 6.60. The largest absolute Gasteiger partial charge is 0.338 e. The molecule has 14 heavy (non-hydrogen) atoms. The van der Waals surface area contributed by atoms with Gasteiger partial charge in [-0.15, -0.1) is 0 Å². The van der Waals surface area contributed by atoms with Crippen LogP contribution in [-0.4, -0.2) is 22.9 Å². The summed E-state index contributed by atoms with van der Waals surface area (Å²) >= 11 is 0. The van der Waals surface area contributed by atoms with Crippen LogP contribution in [0.4, 0.5) is 0 Å². The second kappa shape index (κ2) is 6.86. The fourth-order valence-electron chi connectivity index (χ4n) is 1.83. The van der Waals surface area contributed by atoms with E-state index in [1.807, 2.05) is 4.90 Å². The van der Waals surface area contributed by atoms with Crippen LogP contribution in [0.5, 0.6) is 0 Å². The molecule has 0 unspecified atom stereocenters. The lowest BCUT2D eigenvalue weighted by Gasteiger charge is -2.30. The van der Waals surface area contributed by atoms with Crippen LogP contribution < -0.4 is 0 Å². The van der Waals surface area contributed by atoms with Crippen molar-refractivity contribution in [1.29, 1.82) is 0 Å². The van der Waals surface area contributed by atoms with Crippen LogP contribution >= 0.6 is 0 Å². The zero-order chi connectivity index (χ0) is 11.1. The first kappa shape index (κ1) is 13.5. The van der Waals surface area contributed by atoms with Crippen LogP contribution in [0, 0.1) is 0 Å². The predicted molar refractivity (Wildman–Crippen MR) is 61.3 cm³/mol. The number of hydrogen-bond acceptors (Lipinski definition) is 1. The van der Waals surface area contributed by atoms with Gasteiger partial charge >= 0.3 is 0 Å². The SMILES string of the molecule is CCCCCC(=O)N(C(C)C)C(C)C. The van der Waals surface area contributed by atoms with Crippen LogP contribution in [0.2, 0.25) is 0 Å². The zero-order valence-corrected chi connectivity index (χ0v) is 10.3. The molecule has 0 fully saturated rings. The molecule has 0 bridgehead atoms. The third-order valence-corrected chi connectivity index (χ3v) is 2.39. The van der Waals surface area contributed by atoms with E-state index in [-0.39, 0.29) is 0 Å². The summed E-state index contributed by atoms with van der Waals surface area (Å²) in [5, 5.41) is 0. The number of rotatable bonds is 6. The monoisotopic (exact) mass is 199 g/mol. The molecule has 0 spiro atoms. The number of nitrogens with zero attached hydrogens (tertiary/aromatic N) is 1. The number of amides is 1. The molecule has 84 valence electrons. The minimum absolute atomic E-state index is 0.309. The minimum Gasteiger partial charge on any atom is -0.338 e. The third kappa shape index (κ3) is 4.64. The van der Waals surface area contributed by atoms with Crippen molar-refractivity contribution in [2.75, 3.05) is 0 Å². The molecule has 2 heteroatoms. The van der Waals surface area contributed by atoms with Gasteiger partial charge in [0.05, 0.1) is 0 Å². The predicted octanol–water partition coefficient (Wildman–Crippen LogP) is 3.21. The van der Waals surface area contributed by atoms with Gasteiger partial charge in [-0.05, 0) is 34.1 Å². The molecule has 0 saturated heterocycles. The summed E-state index contributed by atoms with van der Waals surface area (Å²) in [4.78, 5) is 13.8. The maximum atomic E-state index is 11.8. The average molecular weight is 199 g/mol. The molecular weight excluding hydrogens is 174 g/mol. The average Bonchev–Trinajstić information content (AvgIpc) is 2.03. The van der Waals surface area contributed by atoms with Crippen molar-refractivity contribution in [1.82, 2.24) is 4.90 Å². The van der Waals surface area contributed by atoms with Crippen LogP contribution in [0.15, 0.2) is 0 Å². The van der Waals surface area contributed by atoms with E-state index in [9.17, 15) is 4.79 Å². The summed E-state index contributed by atoms with van der Waals surface area (Å²) < 4.78 is 0. The van der Waals surface area contributed by atoms with Gasteiger partial charge in [0.1, 0.15) is 0 Å². The Hall–Kier alpha value is -0.530. The van der Waals surface area contributed by atoms with Crippen LogP contribution in [0.3, 0.4) is 0 Å². The van der Waals surface area contributed by atoms with Gasteiger partial charge in [-0.2, -0.15) is 0 Å². The van der Waals surface area contributed by atoms with Crippen molar-refractivity contribution >= 4 is 5.91 Å². The highest BCUT2D eigenvalue weighted by Crippen LogP contribution is 2.10. The Morgan fingerprint density at radius 2 is 1.57 bits per heavy atom. The van der Waals surface area contributed by atoms with Crippen LogP contribution in [0.25, 0.3) is 0 Å². The van der Waals surface area contributed by atoms with Crippen LogP contribution in [0.1, 0.15) is 60.3 Å². The van der Waals surface area contributed by atoms with E-state index >= 15 is 0 Å². The van der Waals surface area contributed by atoms with E-state index in [4.69, 9.17) is 0 Å². The number of carbonyl (C=O) groups excluding carboxylic acids is 1. The highest BCUT2D eigenvalue weighted by atomic mass is 16.2. The molecule has 0 heterocycles. The van der Waals surface area contributed by atoms with Gasteiger partial charge in [-0.1, -0.05) is 19.8 Å². The van der Waals surface area contributed by atoms with Crippen molar-refractivity contribution < 1.29 is 4.79 Å². The summed E-state index contributed by atoms with van der Waals surface area (Å²) in [6, 6.07) is 0.647. The maximum absolute atomic E-state index is 11.8. The normalized spacial score (nSPS) is 11.1. The van der Waals surface area contributed by atoms with E-state index in [1.165, 1.54) is 6.42 Å². The summed E-state index contributed by atoms with van der Waals surface area (Å²) in [6.45, 7) is 10.5. The Labute approximate surface area is 88.7 Å². The molecule has 0 aliphatic carbocycles. The molecule has 2 nitrogen and oxygen atoms in total. The van der Waals surface area contributed by atoms with E-state index in [2.05, 4.69) is 34.6 Å². The molecule has 0 radical (unpaired) electrons. The van der Waals surface area contributed by atoms with Gasteiger partial charge in [0, 0.05) is 18.5 Å². The molecule has 1 amide bonds. The van der Waals surface area contributed by atoms with Crippen molar-refractivity contribution in [3.63, 3.8) is 0 Å². The highest BCUT2D eigenvalue weighted by Gasteiger charge is 2.18. The summed E-state index contributed by atoms with van der Waals surface area (Å²) in [5.74, 6) is 0.309. The summed E-state index contributed by atoms with van der Waals surface area (Å²) in [5.41, 5.74) is 0. The first-order chi connectivity index (χ1) is 6.50. The highest BCUT2D eigenvalue weighted by molar-refractivity contribution is 5.76. The Balaban J connectivity index is 4.03. The molecule has 0 saturated carbocycles. The first-order valence-electron chi connectivity index (χ1n) is 5.81. The minimum atomic E-state index is 0.309. The Morgan fingerprint density at radius 1 is 1.07 bits per heavy atom. The van der Waals surface area contributed by atoms with Crippen molar-refractivity contribution in [2.24, 2.45) is 0 Å². The molecule has 0 aromatic carbocycles. The zero-order valence-electron chi connectivity index (χ0n) is 10.3. The summed E-state index contributed by atoms with van der Waals surface area (Å²) in [7, 11) is 0. The Bertz CT molecular complexity index is 156. The van der Waals surface area contributed by atoms with Gasteiger partial charge in [-0.3, -0.25) is 4.79 Å². The molecule has 0 N–H and O–H groups in total. The smallest absolute Gasteiger partial charge is 0.223 e. The van der Waals surface area contributed by atoms with E-state index < -0.39 is 0 Å². The van der Waals surface area contributed by atoms with E-state index in [0.29, 0.717) is 24.4 Å². The fraction of sp³-hybridized carbons (Fsp3) is 0.917. The number of hydrogen-bond donors (Lipinski definition) is 0. The van der Waals surface area contributed by atoms with Crippen molar-refractivity contribution in [2.45, 2.75) is 72.4 Å². The molecule has 0 aliphatic heterocycles. The van der Waals surface area contributed by atoms with E-state index in [1.54, 1.807) is 0 Å². The van der Waals surface area contributed by atoms with Gasteiger partial charge in [-0.25, -0.2) is 0 Å². The second-order valence-electron chi connectivity index (χ2n) is 4.45. The lowest BCUT2D eigenvalue weighted by atomic mass is 10.1. The fourth-order valence-corrected chi connectivity index (χ4v) is 1.83. The number of carbonyl (C=O) groups is 1. The molecular formula is C12H25NO. The standard InChI is InChI=1S/C12H25NO/c1-6-7-8-9-12(14)13(10(2)3)11(4)5/h10-11H,6-9H2,1-5H3. The second-order valence-corrected chi connectivity index (χ2v) is 4.45. The lowest BCUT2D eigenvalue weighted by molar-refractivity contribution is -0.134. The van der Waals surface area contributed by atoms with Crippen molar-refractivity contribution in [3.05, 3.63) is 0 Å². The molecule has 0 aromatic rings. The topological polar surface area (TPSA) is 20.3 Å². The number of unbranched alkanes of at least 4 members (excludes halogenated alkanes) is 2. The van der Waals surface area contributed by atoms with Crippen molar-refractivity contribution in [3.8, 4) is 0 Å². The maximum Gasteiger partial charge on any atom is 0.223 e. The first-order valence-corrected chi connectivity index (χ1v) is 5.81. The lowest BCUT2D eigenvalue weighted by Crippen LogP contribution is -2.41. The van der Waals surface area contributed by atoms with Crippen LogP contribution in [-0.2, 0) is 4.79 Å². The third-order valence-electron chi connectivity index (χ3n) is 2.39. The molecule has 0 rings (SSSR count).